The van der Waals surface area contributed by atoms with Crippen LogP contribution in [0.4, 0.5) is 0 Å². The summed E-state index contributed by atoms with van der Waals surface area (Å²) in [4.78, 5) is 28.6. The molecule has 0 aliphatic rings. The molecule has 0 heterocycles. The van der Waals surface area contributed by atoms with Crippen molar-refractivity contribution in [2.45, 2.75) is 0 Å². The van der Waals surface area contributed by atoms with Crippen LogP contribution in [0.5, 0.6) is 0 Å². The fourth-order valence-electron chi connectivity index (χ4n) is 0. The van der Waals surface area contributed by atoms with Crippen LogP contribution in [0.2, 0.25) is 0 Å². The van der Waals surface area contributed by atoms with Crippen LogP contribution in [0.1, 0.15) is 0 Å². The van der Waals surface area contributed by atoms with Crippen LogP contribution in [0.25, 0.3) is 0 Å². The molecule has 0 atom stereocenters. The van der Waals surface area contributed by atoms with Crippen molar-refractivity contribution in [1.82, 2.24) is 0 Å². The monoisotopic (exact) mass is 460 g/mol. The zero-order valence-electron chi connectivity index (χ0n) is 7.36. The van der Waals surface area contributed by atoms with Gasteiger partial charge >= 0.3 is 89.7 Å². The zero-order chi connectivity index (χ0) is 15.7. The van der Waals surface area contributed by atoms with E-state index >= 15 is 0 Å². The third-order valence-electron chi connectivity index (χ3n) is 0. The molecule has 12 nitrogen and oxygen atoms in total. The third kappa shape index (κ3) is 2470. The van der Waals surface area contributed by atoms with Crippen molar-refractivity contribution in [3.63, 3.8) is 0 Å². The summed E-state index contributed by atoms with van der Waals surface area (Å²) in [7, 11) is -6.26. The number of hydrogen-bond donors (Lipinski definition) is 4. The molecule has 17 heteroatoms. The Morgan fingerprint density at radius 3 is 0.765 bits per heavy atom. The molecule has 0 unspecified atom stereocenters. The van der Waals surface area contributed by atoms with Gasteiger partial charge in [0.2, 0.25) is 0 Å². The minimum absolute atomic E-state index is 1.06. The second kappa shape index (κ2) is 26.0. The van der Waals surface area contributed by atoms with Crippen molar-refractivity contribution in [3.8, 4) is 0 Å². The van der Waals surface area contributed by atoms with Gasteiger partial charge in [-0.2, -0.15) is 0 Å². The van der Waals surface area contributed by atoms with Gasteiger partial charge in [-0.15, -0.1) is 0 Å². The third-order valence-corrected chi connectivity index (χ3v) is 0. The summed E-state index contributed by atoms with van der Waals surface area (Å²) in [5, 5.41) is 0. The first kappa shape index (κ1) is 30.9. The van der Waals surface area contributed by atoms with E-state index in [-0.39, 0.29) is 0 Å². The Kier molecular flexibility index (Phi) is 47.3. The van der Waals surface area contributed by atoms with Crippen LogP contribution in [0, 0.1) is 0 Å². The molecule has 0 fully saturated rings. The van der Waals surface area contributed by atoms with E-state index in [4.69, 9.17) is 50.4 Å². The fourth-order valence-corrected chi connectivity index (χ4v) is 0. The van der Waals surface area contributed by atoms with Crippen molar-refractivity contribution < 1.29 is 102 Å². The number of hydrogen-bond acceptors (Lipinski definition) is 8. The molecule has 17 heavy (non-hydrogen) atoms. The van der Waals surface area contributed by atoms with Crippen LogP contribution in [-0.2, 0) is 74.8 Å². The Morgan fingerprint density at radius 1 is 0.765 bits per heavy atom. The topological polar surface area (TPSA) is 229 Å². The molecule has 4 N–H and O–H groups in total. The molecule has 0 rings (SSSR count). The maximum absolute atomic E-state index is 8.74. The molecule has 0 saturated heterocycles. The minimum atomic E-state index is -6.02. The molecule has 0 aliphatic carbocycles. The van der Waals surface area contributed by atoms with E-state index in [2.05, 4.69) is 0 Å². The summed E-state index contributed by atoms with van der Waals surface area (Å²) in [5.74, 6) is 0. The molecule has 0 aromatic rings. The van der Waals surface area contributed by atoms with Crippen molar-refractivity contribution in [1.29, 1.82) is 0 Å². The van der Waals surface area contributed by atoms with E-state index in [1.54, 1.807) is 0 Å². The summed E-state index contributed by atoms with van der Waals surface area (Å²) in [6.07, 6.45) is 0. The summed E-state index contributed by atoms with van der Waals surface area (Å²) in [5.41, 5.74) is 0. The van der Waals surface area contributed by atoms with Crippen molar-refractivity contribution in [2.75, 3.05) is 0 Å². The van der Waals surface area contributed by atoms with E-state index < -0.39 is 33.3 Å². The molecule has 0 spiro atoms. The second-order valence-corrected chi connectivity index (χ2v) is 4.11. The van der Waals surface area contributed by atoms with Gasteiger partial charge < -0.3 is 19.6 Å². The summed E-state index contributed by atoms with van der Waals surface area (Å²) < 4.78 is 68.4. The molecule has 0 aromatic carbocycles. The zero-order valence-corrected chi connectivity index (χ0v) is 14.2. The average molecular weight is 458 g/mol. The van der Waals surface area contributed by atoms with Gasteiger partial charge in [0.15, 0.2) is 0 Å². The second-order valence-electron chi connectivity index (χ2n) is 0.973. The molecule has 0 bridgehead atoms. The Morgan fingerprint density at radius 2 is 0.765 bits per heavy atom. The van der Waals surface area contributed by atoms with E-state index in [1.807, 2.05) is 0 Å². The van der Waals surface area contributed by atoms with Gasteiger partial charge in [0.25, 0.3) is 0 Å². The van der Waals surface area contributed by atoms with Gasteiger partial charge in [-0.1, -0.05) is 0 Å². The van der Waals surface area contributed by atoms with Crippen LogP contribution >= 0.6 is 16.5 Å². The molecular weight excluding hydrogens is 452 g/mol. The average Bonchev–Trinajstić information content (AvgIpc) is 2.05. The molecule has 0 aromatic heterocycles. The quantitative estimate of drug-likeness (QED) is 0.200. The standard InChI is InChI=1S/Mo.2H3O3P.6O.2V/c;2*1-4(2)3;;;;;;;;/h;2*4H,(H2,1,2,3);;;;;;;;/q;;;;;;;2*-1;;. The molecule has 0 aliphatic heterocycles. The van der Waals surface area contributed by atoms with Crippen LogP contribution in [0.3, 0.4) is 0 Å². The first-order chi connectivity index (χ1) is 7.46. The van der Waals surface area contributed by atoms with E-state index in [9.17, 15) is 0 Å². The molecule has 0 radical (unpaired) electrons. The predicted molar refractivity (Wildman–Crippen MR) is 29.6 cm³/mol. The van der Waals surface area contributed by atoms with Gasteiger partial charge in [-0.05, 0) is 0 Å². The Hall–Kier alpha value is 1.28. The normalized spacial score (nSPS) is 7.88. The SMILES string of the molecule is O=[PH](O)O.O=[PH](O)O.[O]=[Mo](=[O])([O-])[O-].[O]=[V].[O]=[V]. The van der Waals surface area contributed by atoms with Gasteiger partial charge in [-0.25, -0.2) is 0 Å². The summed E-state index contributed by atoms with van der Waals surface area (Å²) in [6, 6.07) is 0. The maximum atomic E-state index is 8.74. The molecule has 0 saturated carbocycles. The first-order valence-corrected chi connectivity index (χ1v) is 9.36. The Balaban J connectivity index is -0.0000000371. The molecule has 106 valence electrons. The van der Waals surface area contributed by atoms with Crippen molar-refractivity contribution in [2.24, 2.45) is 0 Å². The Bertz CT molecular complexity index is 240. The number of rotatable bonds is 0. The van der Waals surface area contributed by atoms with Crippen LogP contribution in [-0.4, -0.2) is 19.6 Å². The van der Waals surface area contributed by atoms with Gasteiger partial charge in [0.1, 0.15) is 0 Å². The summed E-state index contributed by atoms with van der Waals surface area (Å²) in [6.45, 7) is 0. The Labute approximate surface area is 118 Å². The predicted octanol–water partition coefficient (Wildman–Crippen LogP) is -4.14. The first-order valence-electron chi connectivity index (χ1n) is 2.33. The summed E-state index contributed by atoms with van der Waals surface area (Å²) >= 11 is -3.89. The van der Waals surface area contributed by atoms with E-state index in [0.29, 0.717) is 0 Å². The molecular formula is H6MoO12P2V2-2. The van der Waals surface area contributed by atoms with E-state index in [1.165, 1.54) is 0 Å². The van der Waals surface area contributed by atoms with Gasteiger partial charge in [-0.3, -0.25) is 9.13 Å². The van der Waals surface area contributed by atoms with Gasteiger partial charge in [0.05, 0.1) is 0 Å². The van der Waals surface area contributed by atoms with Gasteiger partial charge in [0, 0.05) is 0 Å². The van der Waals surface area contributed by atoms with Crippen LogP contribution in [0.15, 0.2) is 0 Å². The van der Waals surface area contributed by atoms with Crippen LogP contribution < -0.4 is 7.52 Å². The van der Waals surface area contributed by atoms with E-state index in [0.717, 1.165) is 34.7 Å². The van der Waals surface area contributed by atoms with Crippen molar-refractivity contribution in [3.05, 3.63) is 0 Å². The fraction of sp³-hybridized carbons (Fsp3) is 0. The van der Waals surface area contributed by atoms with Crippen molar-refractivity contribution >= 4 is 16.5 Å². The molecule has 0 amide bonds.